The van der Waals surface area contributed by atoms with Crippen molar-refractivity contribution in [3.63, 3.8) is 0 Å². The molecule has 3 rings (SSSR count). The summed E-state index contributed by atoms with van der Waals surface area (Å²) in [5.41, 5.74) is 1.27. The van der Waals surface area contributed by atoms with Crippen LogP contribution in [0.1, 0.15) is 18.5 Å². The molecular formula is C15H24N6S. The first-order chi connectivity index (χ1) is 10.6. The molecule has 3 heterocycles. The molecule has 1 aliphatic rings. The van der Waals surface area contributed by atoms with Crippen LogP contribution in [0.25, 0.3) is 0 Å². The topological polar surface area (TPSA) is 49.2 Å². The summed E-state index contributed by atoms with van der Waals surface area (Å²) in [5.74, 6) is 1.01. The van der Waals surface area contributed by atoms with E-state index in [1.807, 2.05) is 36.8 Å². The molecule has 1 N–H and O–H groups in total. The van der Waals surface area contributed by atoms with Gasteiger partial charge in [0.2, 0.25) is 5.95 Å². The van der Waals surface area contributed by atoms with Crippen LogP contribution in [0.4, 0.5) is 11.1 Å². The summed E-state index contributed by atoms with van der Waals surface area (Å²) < 4.78 is 2.18. The van der Waals surface area contributed by atoms with E-state index in [-0.39, 0.29) is 0 Å². The monoisotopic (exact) mass is 320 g/mol. The van der Waals surface area contributed by atoms with Crippen molar-refractivity contribution < 1.29 is 0 Å². The van der Waals surface area contributed by atoms with Crippen LogP contribution >= 0.6 is 11.3 Å². The average Bonchev–Trinajstić information content (AvgIpc) is 3.12. The molecule has 0 radical (unpaired) electrons. The molecule has 7 heteroatoms. The first-order valence-electron chi connectivity index (χ1n) is 7.70. The molecule has 0 saturated carbocycles. The standard InChI is InChI=1S/C15H24N6S/c1-19(2)15-17-10-13(20(15)3)11-21-7-4-12(5-8-21)18-14-16-6-9-22-14/h6,9-10,12H,4-5,7-8,11H2,1-3H3,(H,16,18). The van der Waals surface area contributed by atoms with Crippen LogP contribution in [0.3, 0.4) is 0 Å². The summed E-state index contributed by atoms with van der Waals surface area (Å²) in [4.78, 5) is 13.4. The van der Waals surface area contributed by atoms with Crippen LogP contribution in [-0.4, -0.2) is 52.7 Å². The van der Waals surface area contributed by atoms with Crippen molar-refractivity contribution >= 4 is 22.4 Å². The highest BCUT2D eigenvalue weighted by atomic mass is 32.1. The molecule has 0 aromatic carbocycles. The Kier molecular flexibility index (Phi) is 4.63. The van der Waals surface area contributed by atoms with Gasteiger partial charge in [-0.2, -0.15) is 0 Å². The Morgan fingerprint density at radius 2 is 2.09 bits per heavy atom. The van der Waals surface area contributed by atoms with Gasteiger partial charge in [0.1, 0.15) is 0 Å². The van der Waals surface area contributed by atoms with E-state index in [9.17, 15) is 0 Å². The quantitative estimate of drug-likeness (QED) is 0.913. The highest BCUT2D eigenvalue weighted by Crippen LogP contribution is 2.20. The fourth-order valence-corrected chi connectivity index (χ4v) is 3.54. The van der Waals surface area contributed by atoms with Crippen molar-refractivity contribution in [2.24, 2.45) is 7.05 Å². The molecule has 0 bridgehead atoms. The van der Waals surface area contributed by atoms with Gasteiger partial charge in [-0.1, -0.05) is 0 Å². The summed E-state index contributed by atoms with van der Waals surface area (Å²) in [6, 6.07) is 0.547. The third-order valence-corrected chi connectivity index (χ3v) is 4.90. The van der Waals surface area contributed by atoms with E-state index in [0.717, 1.165) is 43.6 Å². The van der Waals surface area contributed by atoms with Gasteiger partial charge >= 0.3 is 0 Å². The number of nitrogens with zero attached hydrogens (tertiary/aromatic N) is 5. The average molecular weight is 320 g/mol. The number of anilines is 2. The van der Waals surface area contributed by atoms with Crippen LogP contribution in [0.2, 0.25) is 0 Å². The number of hydrogen-bond donors (Lipinski definition) is 1. The van der Waals surface area contributed by atoms with Crippen molar-refractivity contribution in [3.05, 3.63) is 23.5 Å². The number of imidazole rings is 1. The van der Waals surface area contributed by atoms with Gasteiger partial charge in [0, 0.05) is 58.4 Å². The van der Waals surface area contributed by atoms with Crippen LogP contribution in [0.15, 0.2) is 17.8 Å². The van der Waals surface area contributed by atoms with Gasteiger partial charge in [-0.05, 0) is 12.8 Å². The largest absolute Gasteiger partial charge is 0.359 e. The first-order valence-corrected chi connectivity index (χ1v) is 8.57. The molecule has 2 aromatic heterocycles. The lowest BCUT2D eigenvalue weighted by atomic mass is 10.1. The third-order valence-electron chi connectivity index (χ3n) is 4.19. The van der Waals surface area contributed by atoms with Gasteiger partial charge < -0.3 is 14.8 Å². The van der Waals surface area contributed by atoms with Crippen molar-refractivity contribution in [3.8, 4) is 0 Å². The number of hydrogen-bond acceptors (Lipinski definition) is 6. The Morgan fingerprint density at radius 1 is 1.32 bits per heavy atom. The maximum atomic E-state index is 4.49. The second-order valence-corrected chi connectivity index (χ2v) is 6.93. The Morgan fingerprint density at radius 3 is 2.68 bits per heavy atom. The Bertz CT molecular complexity index is 583. The fraction of sp³-hybridized carbons (Fsp3) is 0.600. The number of thiazole rings is 1. The van der Waals surface area contributed by atoms with E-state index in [4.69, 9.17) is 0 Å². The SMILES string of the molecule is CN(C)c1ncc(CN2CCC(Nc3nccs3)CC2)n1C. The van der Waals surface area contributed by atoms with E-state index in [0.29, 0.717) is 6.04 Å². The maximum Gasteiger partial charge on any atom is 0.204 e. The number of likely N-dealkylation sites (tertiary alicyclic amines) is 1. The second-order valence-electron chi connectivity index (χ2n) is 6.03. The molecule has 1 aliphatic heterocycles. The van der Waals surface area contributed by atoms with Crippen LogP contribution < -0.4 is 10.2 Å². The molecular weight excluding hydrogens is 296 g/mol. The van der Waals surface area contributed by atoms with Gasteiger partial charge in [0.15, 0.2) is 5.13 Å². The smallest absolute Gasteiger partial charge is 0.204 e. The van der Waals surface area contributed by atoms with Crippen molar-refractivity contribution in [2.75, 3.05) is 37.4 Å². The van der Waals surface area contributed by atoms with Crippen LogP contribution in [0, 0.1) is 0 Å². The number of aromatic nitrogens is 3. The van der Waals surface area contributed by atoms with Gasteiger partial charge in [0.05, 0.1) is 11.9 Å². The van der Waals surface area contributed by atoms with E-state index >= 15 is 0 Å². The molecule has 0 spiro atoms. The highest BCUT2D eigenvalue weighted by Gasteiger charge is 2.21. The van der Waals surface area contributed by atoms with E-state index in [1.54, 1.807) is 11.3 Å². The second kappa shape index (κ2) is 6.66. The lowest BCUT2D eigenvalue weighted by molar-refractivity contribution is 0.207. The van der Waals surface area contributed by atoms with Gasteiger partial charge in [-0.15, -0.1) is 11.3 Å². The van der Waals surface area contributed by atoms with E-state index in [2.05, 4.69) is 31.8 Å². The highest BCUT2D eigenvalue weighted by molar-refractivity contribution is 7.13. The summed E-state index contributed by atoms with van der Waals surface area (Å²) in [5, 5.41) is 6.59. The van der Waals surface area contributed by atoms with Crippen molar-refractivity contribution in [2.45, 2.75) is 25.4 Å². The summed E-state index contributed by atoms with van der Waals surface area (Å²) in [7, 11) is 6.15. The minimum atomic E-state index is 0.547. The first kappa shape index (κ1) is 15.3. The zero-order valence-electron chi connectivity index (χ0n) is 13.5. The Hall–Kier alpha value is -1.60. The zero-order chi connectivity index (χ0) is 15.5. The Balaban J connectivity index is 1.51. The maximum absolute atomic E-state index is 4.49. The molecule has 2 aromatic rings. The molecule has 1 saturated heterocycles. The van der Waals surface area contributed by atoms with Crippen molar-refractivity contribution in [1.29, 1.82) is 0 Å². The summed E-state index contributed by atoms with van der Waals surface area (Å²) >= 11 is 1.68. The minimum absolute atomic E-state index is 0.547. The number of nitrogens with one attached hydrogen (secondary N) is 1. The molecule has 22 heavy (non-hydrogen) atoms. The van der Waals surface area contributed by atoms with Crippen LogP contribution in [-0.2, 0) is 13.6 Å². The predicted octanol–water partition coefficient (Wildman–Crippen LogP) is 2.02. The molecule has 6 nitrogen and oxygen atoms in total. The fourth-order valence-electron chi connectivity index (χ4n) is 2.93. The van der Waals surface area contributed by atoms with Crippen LogP contribution in [0.5, 0.6) is 0 Å². The summed E-state index contributed by atoms with van der Waals surface area (Å²) in [6.45, 7) is 3.21. The number of piperidine rings is 1. The molecule has 0 aliphatic carbocycles. The molecule has 0 atom stereocenters. The zero-order valence-corrected chi connectivity index (χ0v) is 14.3. The lowest BCUT2D eigenvalue weighted by Gasteiger charge is -2.32. The lowest BCUT2D eigenvalue weighted by Crippen LogP contribution is -2.39. The van der Waals surface area contributed by atoms with Gasteiger partial charge in [-0.3, -0.25) is 4.90 Å². The van der Waals surface area contributed by atoms with Gasteiger partial charge in [0.25, 0.3) is 0 Å². The van der Waals surface area contributed by atoms with Gasteiger partial charge in [-0.25, -0.2) is 9.97 Å². The molecule has 1 fully saturated rings. The third kappa shape index (κ3) is 3.41. The van der Waals surface area contributed by atoms with E-state index < -0.39 is 0 Å². The van der Waals surface area contributed by atoms with Crippen molar-refractivity contribution in [1.82, 2.24) is 19.4 Å². The van der Waals surface area contributed by atoms with E-state index in [1.165, 1.54) is 5.69 Å². The molecule has 120 valence electrons. The minimum Gasteiger partial charge on any atom is -0.359 e. The Labute approximate surface area is 135 Å². The number of rotatable bonds is 5. The summed E-state index contributed by atoms with van der Waals surface area (Å²) in [6.07, 6.45) is 6.18. The normalized spacial score (nSPS) is 16.9. The molecule has 0 unspecified atom stereocenters. The molecule has 0 amide bonds. The predicted molar refractivity (Wildman–Crippen MR) is 91.6 cm³/mol.